The summed E-state index contributed by atoms with van der Waals surface area (Å²) >= 11 is 0. The van der Waals surface area contributed by atoms with Crippen molar-refractivity contribution in [3.8, 4) is 11.3 Å². The molecule has 0 unspecified atom stereocenters. The van der Waals surface area contributed by atoms with E-state index in [4.69, 9.17) is 0 Å². The Hall–Kier alpha value is -3.16. The van der Waals surface area contributed by atoms with Crippen LogP contribution in [0.2, 0.25) is 0 Å². The number of aromatic amines is 1. The summed E-state index contributed by atoms with van der Waals surface area (Å²) in [4.78, 5) is 44.0. The molecular weight excluding hydrogens is 346 g/mol. The summed E-state index contributed by atoms with van der Waals surface area (Å²) in [5.41, 5.74) is 1.79. The smallest absolute Gasteiger partial charge is 0.319 e. The Morgan fingerprint density at radius 1 is 1.30 bits per heavy atom. The third-order valence-electron chi connectivity index (χ3n) is 4.34. The summed E-state index contributed by atoms with van der Waals surface area (Å²) < 4.78 is 0. The summed E-state index contributed by atoms with van der Waals surface area (Å²) in [6.45, 7) is 4.86. The molecule has 1 saturated heterocycles. The highest BCUT2D eigenvalue weighted by Gasteiger charge is 2.22. The van der Waals surface area contributed by atoms with Crippen molar-refractivity contribution in [3.05, 3.63) is 46.5 Å². The number of rotatable bonds is 5. The SMILES string of the molecule is Cc1nc(-c2ccc(NC(=O)N[C@H](C)CN3CCCC3=O)cc2)cc(=O)[nH]1. The van der Waals surface area contributed by atoms with Crippen LogP contribution in [0.15, 0.2) is 35.1 Å². The first kappa shape index (κ1) is 18.6. The number of likely N-dealkylation sites (tertiary alicyclic amines) is 1. The van der Waals surface area contributed by atoms with Crippen LogP contribution in [0.25, 0.3) is 11.3 Å². The molecule has 1 aliphatic heterocycles. The molecule has 3 rings (SSSR count). The Morgan fingerprint density at radius 3 is 2.67 bits per heavy atom. The molecule has 0 aliphatic carbocycles. The molecule has 0 saturated carbocycles. The van der Waals surface area contributed by atoms with Crippen LogP contribution >= 0.6 is 0 Å². The van der Waals surface area contributed by atoms with E-state index in [1.807, 2.05) is 6.92 Å². The van der Waals surface area contributed by atoms with Gasteiger partial charge >= 0.3 is 6.03 Å². The van der Waals surface area contributed by atoms with Gasteiger partial charge in [-0.1, -0.05) is 12.1 Å². The lowest BCUT2D eigenvalue weighted by Gasteiger charge is -2.21. The van der Waals surface area contributed by atoms with E-state index < -0.39 is 0 Å². The van der Waals surface area contributed by atoms with Gasteiger partial charge in [-0.2, -0.15) is 0 Å². The number of aromatic nitrogens is 2. The van der Waals surface area contributed by atoms with Gasteiger partial charge < -0.3 is 20.5 Å². The highest BCUT2D eigenvalue weighted by molar-refractivity contribution is 5.89. The van der Waals surface area contributed by atoms with Crippen LogP contribution < -0.4 is 16.2 Å². The van der Waals surface area contributed by atoms with Crippen molar-refractivity contribution in [1.29, 1.82) is 0 Å². The molecule has 0 spiro atoms. The first-order valence-corrected chi connectivity index (χ1v) is 8.94. The quantitative estimate of drug-likeness (QED) is 0.748. The average molecular weight is 369 g/mol. The topological polar surface area (TPSA) is 107 Å². The van der Waals surface area contributed by atoms with Crippen LogP contribution in [0.4, 0.5) is 10.5 Å². The lowest BCUT2D eigenvalue weighted by atomic mass is 10.1. The number of benzene rings is 1. The van der Waals surface area contributed by atoms with Gasteiger partial charge in [0, 0.05) is 42.9 Å². The minimum atomic E-state index is -0.327. The van der Waals surface area contributed by atoms with E-state index in [-0.39, 0.29) is 23.5 Å². The van der Waals surface area contributed by atoms with Gasteiger partial charge in [0.1, 0.15) is 5.82 Å². The maximum absolute atomic E-state index is 12.1. The van der Waals surface area contributed by atoms with Crippen LogP contribution in [0, 0.1) is 6.92 Å². The fourth-order valence-corrected chi connectivity index (χ4v) is 3.12. The zero-order valence-electron chi connectivity index (χ0n) is 15.4. The fraction of sp³-hybridized carbons (Fsp3) is 0.368. The number of urea groups is 1. The normalized spacial score (nSPS) is 14.9. The molecule has 1 fully saturated rings. The third kappa shape index (κ3) is 4.93. The zero-order valence-corrected chi connectivity index (χ0v) is 15.4. The number of amides is 3. The van der Waals surface area contributed by atoms with Crippen molar-refractivity contribution in [2.75, 3.05) is 18.4 Å². The summed E-state index contributed by atoms with van der Waals surface area (Å²) in [5, 5.41) is 5.60. The minimum Gasteiger partial charge on any atom is -0.341 e. The van der Waals surface area contributed by atoms with Gasteiger partial charge in [-0.15, -0.1) is 0 Å². The van der Waals surface area contributed by atoms with Crippen molar-refractivity contribution >= 4 is 17.6 Å². The van der Waals surface area contributed by atoms with E-state index in [2.05, 4.69) is 20.6 Å². The monoisotopic (exact) mass is 369 g/mol. The van der Waals surface area contributed by atoms with Gasteiger partial charge in [0.05, 0.1) is 5.69 Å². The molecule has 2 heterocycles. The zero-order chi connectivity index (χ0) is 19.4. The van der Waals surface area contributed by atoms with Gasteiger partial charge in [0.2, 0.25) is 5.91 Å². The Kier molecular flexibility index (Phi) is 5.54. The van der Waals surface area contributed by atoms with Crippen molar-refractivity contribution in [2.24, 2.45) is 0 Å². The molecule has 1 aromatic carbocycles. The molecule has 1 aromatic heterocycles. The number of H-pyrrole nitrogens is 1. The Morgan fingerprint density at radius 2 is 2.04 bits per heavy atom. The number of carbonyl (C=O) groups excluding carboxylic acids is 2. The molecule has 0 bridgehead atoms. The molecule has 0 radical (unpaired) electrons. The summed E-state index contributed by atoms with van der Waals surface area (Å²) in [6, 6.07) is 8.06. The Labute approximate surface area is 157 Å². The molecule has 27 heavy (non-hydrogen) atoms. The number of hydrogen-bond donors (Lipinski definition) is 3. The number of aryl methyl sites for hydroxylation is 1. The van der Waals surface area contributed by atoms with Gasteiger partial charge in [-0.05, 0) is 32.4 Å². The van der Waals surface area contributed by atoms with Gasteiger partial charge in [0.15, 0.2) is 0 Å². The highest BCUT2D eigenvalue weighted by atomic mass is 16.2. The third-order valence-corrected chi connectivity index (χ3v) is 4.34. The van der Waals surface area contributed by atoms with Crippen LogP contribution in [0.3, 0.4) is 0 Å². The number of nitrogens with zero attached hydrogens (tertiary/aromatic N) is 2. The number of carbonyl (C=O) groups is 2. The number of nitrogens with one attached hydrogen (secondary N) is 3. The largest absolute Gasteiger partial charge is 0.341 e. The van der Waals surface area contributed by atoms with Gasteiger partial charge in [0.25, 0.3) is 5.56 Å². The first-order valence-electron chi connectivity index (χ1n) is 8.94. The maximum atomic E-state index is 12.1. The van der Waals surface area contributed by atoms with E-state index >= 15 is 0 Å². The van der Waals surface area contributed by atoms with Crippen molar-refractivity contribution in [2.45, 2.75) is 32.7 Å². The molecule has 2 aromatic rings. The lowest BCUT2D eigenvalue weighted by Crippen LogP contribution is -2.44. The molecule has 3 N–H and O–H groups in total. The van der Waals surface area contributed by atoms with E-state index in [1.54, 1.807) is 36.1 Å². The van der Waals surface area contributed by atoms with Crippen LogP contribution in [-0.2, 0) is 4.79 Å². The van der Waals surface area contributed by atoms with Crippen LogP contribution in [0.5, 0.6) is 0 Å². The van der Waals surface area contributed by atoms with E-state index in [0.717, 1.165) is 18.5 Å². The second-order valence-electron chi connectivity index (χ2n) is 6.74. The van der Waals surface area contributed by atoms with Gasteiger partial charge in [-0.25, -0.2) is 9.78 Å². The van der Waals surface area contributed by atoms with E-state index in [9.17, 15) is 14.4 Å². The standard InChI is InChI=1S/C19H23N5O3/c1-12(11-24-9-3-4-18(24)26)20-19(27)23-15-7-5-14(6-8-15)16-10-17(25)22-13(2)21-16/h5-8,10,12H,3-4,9,11H2,1-2H3,(H2,20,23,27)(H,21,22,25)/t12-/m1/s1. The average Bonchev–Trinajstić information content (AvgIpc) is 2.99. The molecule has 3 amide bonds. The predicted octanol–water partition coefficient (Wildman–Crippen LogP) is 1.88. The van der Waals surface area contributed by atoms with E-state index in [0.29, 0.717) is 30.2 Å². The summed E-state index contributed by atoms with van der Waals surface area (Å²) in [6.07, 6.45) is 1.47. The van der Waals surface area contributed by atoms with Crippen molar-refractivity contribution in [3.63, 3.8) is 0 Å². The first-order chi connectivity index (χ1) is 12.9. The number of anilines is 1. The minimum absolute atomic E-state index is 0.142. The molecule has 1 atom stereocenters. The van der Waals surface area contributed by atoms with Gasteiger partial charge in [-0.3, -0.25) is 9.59 Å². The van der Waals surface area contributed by atoms with Crippen LogP contribution in [0.1, 0.15) is 25.6 Å². The molecule has 8 nitrogen and oxygen atoms in total. The lowest BCUT2D eigenvalue weighted by molar-refractivity contribution is -0.127. The summed E-state index contributed by atoms with van der Waals surface area (Å²) in [7, 11) is 0. The number of hydrogen-bond acceptors (Lipinski definition) is 4. The second-order valence-corrected chi connectivity index (χ2v) is 6.74. The molecule has 142 valence electrons. The summed E-state index contributed by atoms with van der Waals surface area (Å²) in [5.74, 6) is 0.688. The van der Waals surface area contributed by atoms with Crippen LogP contribution in [-0.4, -0.2) is 45.9 Å². The predicted molar refractivity (Wildman–Crippen MR) is 102 cm³/mol. The highest BCUT2D eigenvalue weighted by Crippen LogP contribution is 2.18. The van der Waals surface area contributed by atoms with Crippen molar-refractivity contribution in [1.82, 2.24) is 20.2 Å². The van der Waals surface area contributed by atoms with E-state index in [1.165, 1.54) is 6.07 Å². The second kappa shape index (κ2) is 8.03. The van der Waals surface area contributed by atoms with Crippen molar-refractivity contribution < 1.29 is 9.59 Å². The fourth-order valence-electron chi connectivity index (χ4n) is 3.12. The Bertz CT molecular complexity index is 891. The molecule has 1 aliphatic rings. The maximum Gasteiger partial charge on any atom is 0.319 e. The molecular formula is C19H23N5O3. The molecule has 8 heteroatoms. The Balaban J connectivity index is 1.56.